The molecule has 0 aliphatic heterocycles. The maximum absolute atomic E-state index is 12.3. The molecule has 0 aliphatic rings. The van der Waals surface area contributed by atoms with Crippen LogP contribution in [0.25, 0.3) is 11.3 Å². The van der Waals surface area contributed by atoms with Crippen LogP contribution in [0.3, 0.4) is 0 Å². The molecule has 0 unspecified atom stereocenters. The first kappa shape index (κ1) is 18.8. The maximum Gasteiger partial charge on any atom is 0.267 e. The molecule has 0 fully saturated rings. The summed E-state index contributed by atoms with van der Waals surface area (Å²) in [6, 6.07) is 10.2. The molecule has 0 bridgehead atoms. The van der Waals surface area contributed by atoms with Gasteiger partial charge >= 0.3 is 0 Å². The third kappa shape index (κ3) is 4.09. The minimum absolute atomic E-state index is 0.171. The van der Waals surface area contributed by atoms with E-state index < -0.39 is 0 Å². The van der Waals surface area contributed by atoms with Crippen molar-refractivity contribution in [2.45, 2.75) is 26.9 Å². The van der Waals surface area contributed by atoms with E-state index >= 15 is 0 Å². The zero-order valence-electron chi connectivity index (χ0n) is 15.4. The van der Waals surface area contributed by atoms with Gasteiger partial charge in [-0.3, -0.25) is 14.3 Å². The van der Waals surface area contributed by atoms with E-state index in [4.69, 9.17) is 11.6 Å². The summed E-state index contributed by atoms with van der Waals surface area (Å²) >= 11 is 6.19. The number of aromatic nitrogens is 4. The number of hydrogen-bond donors (Lipinski definition) is 1. The van der Waals surface area contributed by atoms with Crippen molar-refractivity contribution in [3.8, 4) is 11.3 Å². The smallest absolute Gasteiger partial charge is 0.267 e. The lowest BCUT2D eigenvalue weighted by atomic mass is 10.1. The van der Waals surface area contributed by atoms with Crippen molar-refractivity contribution in [1.82, 2.24) is 24.9 Å². The van der Waals surface area contributed by atoms with Gasteiger partial charge in [-0.05, 0) is 26.0 Å². The second-order valence-corrected chi connectivity index (χ2v) is 6.65. The Bertz CT molecular complexity index is 1050. The van der Waals surface area contributed by atoms with Crippen LogP contribution in [0.2, 0.25) is 5.02 Å². The van der Waals surface area contributed by atoms with Gasteiger partial charge in [-0.25, -0.2) is 4.68 Å². The van der Waals surface area contributed by atoms with Crippen LogP contribution in [0.15, 0.2) is 41.2 Å². The highest BCUT2D eigenvalue weighted by Crippen LogP contribution is 2.24. The summed E-state index contributed by atoms with van der Waals surface area (Å²) in [6.45, 7) is 4.02. The number of aryl methyl sites for hydroxylation is 2. The van der Waals surface area contributed by atoms with Crippen molar-refractivity contribution < 1.29 is 4.79 Å². The Hall–Kier alpha value is -2.93. The second-order valence-electron chi connectivity index (χ2n) is 6.24. The molecule has 27 heavy (non-hydrogen) atoms. The number of hydrogen-bond acceptors (Lipinski definition) is 4. The third-order valence-corrected chi connectivity index (χ3v) is 4.76. The van der Waals surface area contributed by atoms with Gasteiger partial charge in [0.25, 0.3) is 5.56 Å². The minimum atomic E-state index is -0.352. The van der Waals surface area contributed by atoms with Crippen molar-refractivity contribution in [2.75, 3.05) is 0 Å². The fraction of sp³-hybridized carbons (Fsp3) is 0.263. The van der Waals surface area contributed by atoms with Gasteiger partial charge < -0.3 is 5.32 Å². The Kier molecular flexibility index (Phi) is 5.41. The summed E-state index contributed by atoms with van der Waals surface area (Å²) < 4.78 is 2.91. The highest BCUT2D eigenvalue weighted by molar-refractivity contribution is 6.33. The number of carbonyl (C=O) groups excluding carboxylic acids is 1. The summed E-state index contributed by atoms with van der Waals surface area (Å²) in [5.41, 5.74) is 3.71. The van der Waals surface area contributed by atoms with E-state index in [1.807, 2.05) is 39.1 Å². The SMILES string of the molecule is Cc1nn(C)c(C)c1CNC(=O)Cn1nc(-c2ccccc2Cl)ccc1=O. The van der Waals surface area contributed by atoms with Crippen molar-refractivity contribution in [3.63, 3.8) is 0 Å². The summed E-state index contributed by atoms with van der Waals surface area (Å²) in [6.07, 6.45) is 0. The molecule has 0 radical (unpaired) electrons. The Labute approximate surface area is 161 Å². The first-order valence-corrected chi connectivity index (χ1v) is 8.83. The molecule has 0 atom stereocenters. The number of nitrogens with zero attached hydrogens (tertiary/aromatic N) is 4. The molecule has 1 aromatic carbocycles. The molecule has 0 aliphatic carbocycles. The van der Waals surface area contributed by atoms with Crippen LogP contribution in [0.1, 0.15) is 17.0 Å². The van der Waals surface area contributed by atoms with Crippen LogP contribution < -0.4 is 10.9 Å². The normalized spacial score (nSPS) is 10.8. The first-order valence-electron chi connectivity index (χ1n) is 8.45. The molecule has 1 N–H and O–H groups in total. The molecule has 0 saturated carbocycles. The largest absolute Gasteiger partial charge is 0.350 e. The van der Waals surface area contributed by atoms with Gasteiger partial charge in [0.15, 0.2) is 0 Å². The summed E-state index contributed by atoms with van der Waals surface area (Å²) in [5.74, 6) is -0.302. The fourth-order valence-corrected chi connectivity index (χ4v) is 3.06. The van der Waals surface area contributed by atoms with E-state index in [-0.39, 0.29) is 18.0 Å². The fourth-order valence-electron chi connectivity index (χ4n) is 2.83. The number of rotatable bonds is 5. The molecule has 0 spiro atoms. The molecule has 3 aromatic rings. The molecule has 0 saturated heterocycles. The van der Waals surface area contributed by atoms with Gasteiger partial charge in [0.2, 0.25) is 5.91 Å². The van der Waals surface area contributed by atoms with Gasteiger partial charge in [0, 0.05) is 36.5 Å². The molecular formula is C19H20ClN5O2. The Morgan fingerprint density at radius 2 is 1.89 bits per heavy atom. The predicted molar refractivity (Wildman–Crippen MR) is 103 cm³/mol. The molecule has 2 aromatic heterocycles. The van der Waals surface area contributed by atoms with Gasteiger partial charge in [-0.2, -0.15) is 10.2 Å². The van der Waals surface area contributed by atoms with Crippen LogP contribution in [-0.4, -0.2) is 25.5 Å². The first-order chi connectivity index (χ1) is 12.9. The summed E-state index contributed by atoms with van der Waals surface area (Å²) in [7, 11) is 1.86. The Morgan fingerprint density at radius 1 is 1.15 bits per heavy atom. The topological polar surface area (TPSA) is 81.8 Å². The van der Waals surface area contributed by atoms with Crippen molar-refractivity contribution in [3.05, 3.63) is 68.7 Å². The molecule has 140 valence electrons. The number of amides is 1. The van der Waals surface area contributed by atoms with E-state index in [1.54, 1.807) is 16.8 Å². The van der Waals surface area contributed by atoms with E-state index in [9.17, 15) is 9.59 Å². The predicted octanol–water partition coefficient (Wildman–Crippen LogP) is 2.23. The van der Waals surface area contributed by atoms with E-state index in [0.717, 1.165) is 21.6 Å². The lowest BCUT2D eigenvalue weighted by Crippen LogP contribution is -2.33. The van der Waals surface area contributed by atoms with Gasteiger partial charge in [0.05, 0.1) is 16.4 Å². The molecule has 1 amide bonds. The number of benzene rings is 1. The van der Waals surface area contributed by atoms with Gasteiger partial charge in [-0.15, -0.1) is 0 Å². The highest BCUT2D eigenvalue weighted by atomic mass is 35.5. The highest BCUT2D eigenvalue weighted by Gasteiger charge is 2.13. The molecule has 7 nitrogen and oxygen atoms in total. The number of carbonyl (C=O) groups is 1. The Morgan fingerprint density at radius 3 is 2.56 bits per heavy atom. The molecule has 2 heterocycles. The average Bonchev–Trinajstić information content (AvgIpc) is 2.87. The zero-order valence-corrected chi connectivity index (χ0v) is 16.1. The lowest BCUT2D eigenvalue weighted by molar-refractivity contribution is -0.122. The molecule has 3 rings (SSSR count). The summed E-state index contributed by atoms with van der Waals surface area (Å²) in [4.78, 5) is 24.4. The van der Waals surface area contributed by atoms with E-state index in [1.165, 1.54) is 6.07 Å². The number of halogens is 1. The summed E-state index contributed by atoms with van der Waals surface area (Å²) in [5, 5.41) is 12.0. The number of nitrogens with one attached hydrogen (secondary N) is 1. The quantitative estimate of drug-likeness (QED) is 0.730. The van der Waals surface area contributed by atoms with Crippen molar-refractivity contribution >= 4 is 17.5 Å². The van der Waals surface area contributed by atoms with Crippen molar-refractivity contribution in [1.29, 1.82) is 0 Å². The maximum atomic E-state index is 12.3. The van der Waals surface area contributed by atoms with Crippen LogP contribution >= 0.6 is 11.6 Å². The second kappa shape index (κ2) is 7.75. The standard InChI is InChI=1S/C19H20ClN5O2/c1-12-15(13(2)24(3)22-12)10-21-18(26)11-25-19(27)9-8-17(23-25)14-6-4-5-7-16(14)20/h4-9H,10-11H2,1-3H3,(H,21,26). The monoisotopic (exact) mass is 385 g/mol. The Balaban J connectivity index is 1.75. The van der Waals surface area contributed by atoms with Gasteiger partial charge in [0.1, 0.15) is 6.54 Å². The van der Waals surface area contributed by atoms with Crippen LogP contribution in [0.4, 0.5) is 0 Å². The van der Waals surface area contributed by atoms with Crippen LogP contribution in [-0.2, 0) is 24.9 Å². The molecule has 8 heteroatoms. The zero-order chi connectivity index (χ0) is 19.6. The lowest BCUT2D eigenvalue weighted by Gasteiger charge is -2.09. The van der Waals surface area contributed by atoms with Crippen LogP contribution in [0, 0.1) is 13.8 Å². The van der Waals surface area contributed by atoms with Crippen molar-refractivity contribution in [2.24, 2.45) is 7.05 Å². The van der Waals surface area contributed by atoms with E-state index in [2.05, 4.69) is 15.5 Å². The minimum Gasteiger partial charge on any atom is -0.350 e. The van der Waals surface area contributed by atoms with Gasteiger partial charge in [-0.1, -0.05) is 29.8 Å². The average molecular weight is 386 g/mol. The molecular weight excluding hydrogens is 366 g/mol. The third-order valence-electron chi connectivity index (χ3n) is 4.43. The van der Waals surface area contributed by atoms with Crippen LogP contribution in [0.5, 0.6) is 0 Å². The van der Waals surface area contributed by atoms with E-state index in [0.29, 0.717) is 22.8 Å².